The van der Waals surface area contributed by atoms with E-state index >= 15 is 0 Å². The average Bonchev–Trinajstić information content (AvgIpc) is 3.07. The van der Waals surface area contributed by atoms with Crippen LogP contribution in [0.2, 0.25) is 10.0 Å². The summed E-state index contributed by atoms with van der Waals surface area (Å²) >= 11 is 12.0. The molecule has 26 heavy (non-hydrogen) atoms. The number of nitrogens with zero attached hydrogens (tertiary/aromatic N) is 2. The predicted molar refractivity (Wildman–Crippen MR) is 98.9 cm³/mol. The van der Waals surface area contributed by atoms with E-state index in [0.29, 0.717) is 21.3 Å². The number of hydrogen-bond acceptors (Lipinski definition) is 5. The molecule has 0 aliphatic rings. The van der Waals surface area contributed by atoms with Crippen molar-refractivity contribution < 1.29 is 15.0 Å². The summed E-state index contributed by atoms with van der Waals surface area (Å²) in [7, 11) is 0. The van der Waals surface area contributed by atoms with Gasteiger partial charge in [-0.2, -0.15) is 10.2 Å². The van der Waals surface area contributed by atoms with Crippen LogP contribution in [0.4, 0.5) is 0 Å². The van der Waals surface area contributed by atoms with Crippen LogP contribution >= 0.6 is 23.2 Å². The average molecular weight is 391 g/mol. The van der Waals surface area contributed by atoms with Gasteiger partial charge >= 0.3 is 0 Å². The summed E-state index contributed by atoms with van der Waals surface area (Å²) in [6.07, 6.45) is 1.21. The van der Waals surface area contributed by atoms with Gasteiger partial charge in [-0.15, -0.1) is 0 Å². The zero-order valence-corrected chi connectivity index (χ0v) is 14.6. The molecule has 3 aromatic rings. The maximum absolute atomic E-state index is 12.1. The van der Waals surface area contributed by atoms with E-state index in [1.165, 1.54) is 30.5 Å². The Labute approximate surface area is 157 Å². The Kier molecular flexibility index (Phi) is 5.11. The van der Waals surface area contributed by atoms with Crippen molar-refractivity contribution in [3.63, 3.8) is 0 Å². The van der Waals surface area contributed by atoms with Gasteiger partial charge in [0.05, 0.1) is 16.9 Å². The van der Waals surface area contributed by atoms with Crippen molar-refractivity contribution in [1.29, 1.82) is 0 Å². The van der Waals surface area contributed by atoms with E-state index in [2.05, 4.69) is 20.7 Å². The van der Waals surface area contributed by atoms with Gasteiger partial charge in [-0.1, -0.05) is 23.2 Å². The van der Waals surface area contributed by atoms with Crippen LogP contribution in [0.15, 0.2) is 47.6 Å². The Morgan fingerprint density at radius 1 is 1.15 bits per heavy atom. The van der Waals surface area contributed by atoms with Crippen molar-refractivity contribution in [2.75, 3.05) is 0 Å². The maximum atomic E-state index is 12.1. The second kappa shape index (κ2) is 7.47. The first-order chi connectivity index (χ1) is 12.4. The number of phenolic OH excluding ortho intramolecular Hbond substituents is 2. The molecule has 0 aliphatic carbocycles. The highest BCUT2D eigenvalue weighted by atomic mass is 35.5. The quantitative estimate of drug-likeness (QED) is 0.310. The molecular formula is C17H12Cl2N4O3. The Hall–Kier alpha value is -3.03. The standard InChI is InChI=1S/C17H12Cl2N4O3/c18-10-1-3-12(13(19)6-10)14-7-15(22-21-14)17(26)23-20-8-9-5-11(24)2-4-16(9)25/h1-8,24-25H,(H,21,22)(H,23,26)/b20-8+. The van der Waals surface area contributed by atoms with Gasteiger partial charge in [-0.3, -0.25) is 9.89 Å². The molecule has 0 spiro atoms. The Bertz CT molecular complexity index is 1000. The van der Waals surface area contributed by atoms with Gasteiger partial charge in [0.15, 0.2) is 0 Å². The monoisotopic (exact) mass is 390 g/mol. The number of aromatic nitrogens is 2. The molecule has 0 fully saturated rings. The molecule has 0 atom stereocenters. The molecule has 0 saturated carbocycles. The molecule has 7 nitrogen and oxygen atoms in total. The number of rotatable bonds is 4. The number of phenols is 2. The molecular weight excluding hydrogens is 379 g/mol. The zero-order chi connectivity index (χ0) is 18.7. The van der Waals surface area contributed by atoms with Crippen molar-refractivity contribution >= 4 is 35.3 Å². The molecule has 0 radical (unpaired) electrons. The molecule has 0 unspecified atom stereocenters. The van der Waals surface area contributed by atoms with Crippen LogP contribution < -0.4 is 5.43 Å². The molecule has 1 amide bonds. The van der Waals surface area contributed by atoms with Crippen LogP contribution in [0.25, 0.3) is 11.3 Å². The minimum atomic E-state index is -0.537. The van der Waals surface area contributed by atoms with Gasteiger partial charge in [-0.05, 0) is 42.5 Å². The van der Waals surface area contributed by atoms with Gasteiger partial charge in [0, 0.05) is 16.1 Å². The van der Waals surface area contributed by atoms with Crippen LogP contribution in [0.1, 0.15) is 16.1 Å². The van der Waals surface area contributed by atoms with Crippen molar-refractivity contribution in [1.82, 2.24) is 15.6 Å². The number of carbonyl (C=O) groups is 1. The van der Waals surface area contributed by atoms with E-state index in [0.717, 1.165) is 0 Å². The van der Waals surface area contributed by atoms with Crippen LogP contribution in [0.5, 0.6) is 11.5 Å². The lowest BCUT2D eigenvalue weighted by atomic mass is 10.1. The van der Waals surface area contributed by atoms with Crippen LogP contribution in [0.3, 0.4) is 0 Å². The first-order valence-electron chi connectivity index (χ1n) is 7.30. The van der Waals surface area contributed by atoms with Crippen LogP contribution in [-0.2, 0) is 0 Å². The van der Waals surface area contributed by atoms with Gasteiger partial charge in [-0.25, -0.2) is 5.43 Å². The highest BCUT2D eigenvalue weighted by Crippen LogP contribution is 2.29. The number of hydrogen-bond donors (Lipinski definition) is 4. The Morgan fingerprint density at radius 2 is 1.96 bits per heavy atom. The minimum Gasteiger partial charge on any atom is -0.508 e. The fourth-order valence-corrected chi connectivity index (χ4v) is 2.64. The first-order valence-corrected chi connectivity index (χ1v) is 8.06. The number of amides is 1. The summed E-state index contributed by atoms with van der Waals surface area (Å²) < 4.78 is 0. The number of aromatic amines is 1. The number of benzene rings is 2. The van der Waals surface area contributed by atoms with Gasteiger partial charge in [0.2, 0.25) is 0 Å². The zero-order valence-electron chi connectivity index (χ0n) is 13.1. The van der Waals surface area contributed by atoms with E-state index in [-0.39, 0.29) is 22.8 Å². The second-order valence-electron chi connectivity index (χ2n) is 5.23. The molecule has 9 heteroatoms. The molecule has 132 valence electrons. The van der Waals surface area contributed by atoms with E-state index in [1.54, 1.807) is 18.2 Å². The number of halogens is 2. The van der Waals surface area contributed by atoms with Crippen LogP contribution in [0, 0.1) is 0 Å². The van der Waals surface area contributed by atoms with E-state index in [4.69, 9.17) is 23.2 Å². The number of H-pyrrole nitrogens is 1. The lowest BCUT2D eigenvalue weighted by molar-refractivity contribution is 0.0950. The van der Waals surface area contributed by atoms with Gasteiger partial charge in [0.1, 0.15) is 17.2 Å². The highest BCUT2D eigenvalue weighted by Gasteiger charge is 2.13. The van der Waals surface area contributed by atoms with E-state index in [9.17, 15) is 15.0 Å². The fraction of sp³-hybridized carbons (Fsp3) is 0. The van der Waals surface area contributed by atoms with E-state index in [1.807, 2.05) is 0 Å². The van der Waals surface area contributed by atoms with Crippen molar-refractivity contribution in [2.45, 2.75) is 0 Å². The smallest absolute Gasteiger partial charge is 0.289 e. The van der Waals surface area contributed by atoms with Crippen LogP contribution in [-0.4, -0.2) is 32.5 Å². The van der Waals surface area contributed by atoms with E-state index < -0.39 is 5.91 Å². The SMILES string of the molecule is O=C(N/N=C/c1cc(O)ccc1O)c1cc(-c2ccc(Cl)cc2Cl)n[nH]1. The summed E-state index contributed by atoms with van der Waals surface area (Å²) in [5.41, 5.74) is 3.82. The summed E-state index contributed by atoms with van der Waals surface area (Å²) in [5, 5.41) is 30.3. The summed E-state index contributed by atoms with van der Waals surface area (Å²) in [5.74, 6) is -0.652. The van der Waals surface area contributed by atoms with Crippen molar-refractivity contribution in [3.05, 3.63) is 63.8 Å². The summed E-state index contributed by atoms with van der Waals surface area (Å²) in [6, 6.07) is 10.4. The maximum Gasteiger partial charge on any atom is 0.289 e. The number of nitrogens with one attached hydrogen (secondary N) is 2. The van der Waals surface area contributed by atoms with Crippen molar-refractivity contribution in [3.8, 4) is 22.8 Å². The first kappa shape index (κ1) is 17.8. The normalized spacial score (nSPS) is 11.0. The third-order valence-corrected chi connectivity index (χ3v) is 3.96. The Balaban J connectivity index is 1.72. The van der Waals surface area contributed by atoms with Gasteiger partial charge in [0.25, 0.3) is 5.91 Å². The molecule has 1 aromatic heterocycles. The summed E-state index contributed by atoms with van der Waals surface area (Å²) in [4.78, 5) is 12.1. The number of aromatic hydroxyl groups is 2. The van der Waals surface area contributed by atoms with Crippen molar-refractivity contribution in [2.24, 2.45) is 5.10 Å². The predicted octanol–water partition coefficient (Wildman–Crippen LogP) is 3.56. The molecule has 0 saturated heterocycles. The minimum absolute atomic E-state index is 0.0337. The molecule has 1 heterocycles. The molecule has 3 rings (SSSR count). The third-order valence-electron chi connectivity index (χ3n) is 3.41. The largest absolute Gasteiger partial charge is 0.508 e. The molecule has 4 N–H and O–H groups in total. The molecule has 0 bridgehead atoms. The number of hydrazone groups is 1. The topological polar surface area (TPSA) is 111 Å². The fourth-order valence-electron chi connectivity index (χ4n) is 2.14. The van der Waals surface area contributed by atoms with Gasteiger partial charge < -0.3 is 10.2 Å². The lowest BCUT2D eigenvalue weighted by Crippen LogP contribution is -2.18. The molecule has 0 aliphatic heterocycles. The lowest BCUT2D eigenvalue weighted by Gasteiger charge is -2.00. The Morgan fingerprint density at radius 3 is 2.73 bits per heavy atom. The number of carbonyl (C=O) groups excluding carboxylic acids is 1. The highest BCUT2D eigenvalue weighted by molar-refractivity contribution is 6.36. The summed E-state index contributed by atoms with van der Waals surface area (Å²) in [6.45, 7) is 0. The molecule has 2 aromatic carbocycles. The third kappa shape index (κ3) is 3.96. The second-order valence-corrected chi connectivity index (χ2v) is 6.08.